The molecule has 0 radical (unpaired) electrons. The molecule has 0 atom stereocenters. The van der Waals surface area contributed by atoms with Crippen LogP contribution in [-0.2, 0) is 9.59 Å². The van der Waals surface area contributed by atoms with Gasteiger partial charge in [-0.3, -0.25) is 9.59 Å². The predicted octanol–water partition coefficient (Wildman–Crippen LogP) is 2.32. The van der Waals surface area contributed by atoms with E-state index in [9.17, 15) is 22.8 Å². The fourth-order valence-electron chi connectivity index (χ4n) is 2.30. The van der Waals surface area contributed by atoms with Gasteiger partial charge < -0.3 is 9.80 Å². The lowest BCUT2D eigenvalue weighted by atomic mass is 10.2. The lowest BCUT2D eigenvalue weighted by Crippen LogP contribution is -2.50. The van der Waals surface area contributed by atoms with E-state index in [0.717, 1.165) is 10.5 Å². The van der Waals surface area contributed by atoms with Gasteiger partial charge in [0, 0.05) is 32.3 Å². The van der Waals surface area contributed by atoms with Crippen molar-refractivity contribution in [2.24, 2.45) is 0 Å². The van der Waals surface area contributed by atoms with Crippen LogP contribution in [0.15, 0.2) is 36.4 Å². The second-order valence-electron chi connectivity index (χ2n) is 5.24. The lowest BCUT2D eigenvalue weighted by molar-refractivity contribution is -0.163. The third-order valence-corrected chi connectivity index (χ3v) is 3.51. The Bertz CT molecular complexity index is 577. The standard InChI is InChI=1S/C16H17F3N2O2/c17-16(18,19)12-15(23)21-10-8-20(9-11-21)14(22)7-6-13-4-2-1-3-5-13/h1-7H,8-12H2/b7-6-. The van der Waals surface area contributed by atoms with Crippen molar-refractivity contribution in [2.75, 3.05) is 26.2 Å². The number of halogens is 3. The molecule has 1 saturated heterocycles. The zero-order valence-electron chi connectivity index (χ0n) is 12.4. The van der Waals surface area contributed by atoms with Crippen molar-refractivity contribution in [3.05, 3.63) is 42.0 Å². The number of carbonyl (C=O) groups is 2. The highest BCUT2D eigenvalue weighted by molar-refractivity contribution is 5.92. The minimum Gasteiger partial charge on any atom is -0.339 e. The Morgan fingerprint density at radius 3 is 2.13 bits per heavy atom. The molecule has 0 unspecified atom stereocenters. The van der Waals surface area contributed by atoms with Gasteiger partial charge in [0.25, 0.3) is 0 Å². The van der Waals surface area contributed by atoms with Crippen molar-refractivity contribution in [1.29, 1.82) is 0 Å². The number of hydrogen-bond acceptors (Lipinski definition) is 2. The molecule has 0 bridgehead atoms. The Balaban J connectivity index is 1.83. The summed E-state index contributed by atoms with van der Waals surface area (Å²) in [4.78, 5) is 26.2. The Morgan fingerprint density at radius 2 is 1.57 bits per heavy atom. The molecule has 0 aromatic heterocycles. The quantitative estimate of drug-likeness (QED) is 0.800. The molecule has 7 heteroatoms. The maximum atomic E-state index is 12.2. The van der Waals surface area contributed by atoms with E-state index in [1.807, 2.05) is 30.3 Å². The summed E-state index contributed by atoms with van der Waals surface area (Å²) in [5.41, 5.74) is 0.889. The number of benzene rings is 1. The maximum Gasteiger partial charge on any atom is 0.397 e. The van der Waals surface area contributed by atoms with Crippen LogP contribution < -0.4 is 0 Å². The van der Waals surface area contributed by atoms with E-state index >= 15 is 0 Å². The van der Waals surface area contributed by atoms with E-state index in [-0.39, 0.29) is 32.1 Å². The summed E-state index contributed by atoms with van der Waals surface area (Å²) in [5, 5.41) is 0. The third kappa shape index (κ3) is 5.43. The molecule has 4 nitrogen and oxygen atoms in total. The van der Waals surface area contributed by atoms with Gasteiger partial charge in [0.15, 0.2) is 0 Å². The number of amides is 2. The normalized spacial score (nSPS) is 16.0. The lowest BCUT2D eigenvalue weighted by Gasteiger charge is -2.34. The Kier molecular flexibility index (Phi) is 5.41. The van der Waals surface area contributed by atoms with Crippen molar-refractivity contribution >= 4 is 17.9 Å². The number of piperazine rings is 1. The minimum atomic E-state index is -4.50. The van der Waals surface area contributed by atoms with Gasteiger partial charge >= 0.3 is 6.18 Å². The van der Waals surface area contributed by atoms with Gasteiger partial charge in [-0.1, -0.05) is 30.3 Å². The smallest absolute Gasteiger partial charge is 0.339 e. The van der Waals surface area contributed by atoms with Crippen LogP contribution in [0.3, 0.4) is 0 Å². The number of hydrogen-bond donors (Lipinski definition) is 0. The summed E-state index contributed by atoms with van der Waals surface area (Å²) >= 11 is 0. The van der Waals surface area contributed by atoms with Crippen LogP contribution in [0, 0.1) is 0 Å². The summed E-state index contributed by atoms with van der Waals surface area (Å²) in [5.74, 6) is -1.15. The first-order chi connectivity index (χ1) is 10.8. The first-order valence-corrected chi connectivity index (χ1v) is 7.22. The van der Waals surface area contributed by atoms with Gasteiger partial charge in [0.2, 0.25) is 11.8 Å². The molecule has 23 heavy (non-hydrogen) atoms. The van der Waals surface area contributed by atoms with E-state index in [1.54, 1.807) is 6.08 Å². The predicted molar refractivity (Wildman–Crippen MR) is 79.3 cm³/mol. The van der Waals surface area contributed by atoms with E-state index in [4.69, 9.17) is 0 Å². The average molecular weight is 326 g/mol. The molecule has 0 spiro atoms. The van der Waals surface area contributed by atoms with E-state index in [0.29, 0.717) is 0 Å². The van der Waals surface area contributed by atoms with Crippen LogP contribution in [0.2, 0.25) is 0 Å². The molecule has 124 valence electrons. The number of nitrogens with zero attached hydrogens (tertiary/aromatic N) is 2. The highest BCUT2D eigenvalue weighted by Gasteiger charge is 2.34. The second-order valence-corrected chi connectivity index (χ2v) is 5.24. The Hall–Kier alpha value is -2.31. The molecule has 1 fully saturated rings. The van der Waals surface area contributed by atoms with Gasteiger partial charge in [0.05, 0.1) is 0 Å². The SMILES string of the molecule is O=C(/C=C\c1ccccc1)N1CCN(C(=O)CC(F)(F)F)CC1. The Labute approximate surface area is 132 Å². The van der Waals surface area contributed by atoms with Crippen molar-refractivity contribution in [1.82, 2.24) is 9.80 Å². The molecule has 0 N–H and O–H groups in total. The summed E-state index contributed by atoms with van der Waals surface area (Å²) in [6.07, 6.45) is -2.83. The highest BCUT2D eigenvalue weighted by Crippen LogP contribution is 2.21. The van der Waals surface area contributed by atoms with Gasteiger partial charge in [-0.05, 0) is 11.6 Å². The van der Waals surface area contributed by atoms with E-state index < -0.39 is 18.5 Å². The molecule has 0 saturated carbocycles. The van der Waals surface area contributed by atoms with E-state index in [2.05, 4.69) is 0 Å². The third-order valence-electron chi connectivity index (χ3n) is 3.51. The average Bonchev–Trinajstić information content (AvgIpc) is 2.52. The van der Waals surface area contributed by atoms with Crippen molar-refractivity contribution in [3.8, 4) is 0 Å². The van der Waals surface area contributed by atoms with Crippen LogP contribution >= 0.6 is 0 Å². The first kappa shape index (κ1) is 17.1. The maximum absolute atomic E-state index is 12.2. The zero-order chi connectivity index (χ0) is 16.9. The molecule has 1 aromatic rings. The molecular formula is C16H17F3N2O2. The molecular weight excluding hydrogens is 309 g/mol. The minimum absolute atomic E-state index is 0.125. The van der Waals surface area contributed by atoms with Crippen LogP contribution in [-0.4, -0.2) is 54.0 Å². The fourth-order valence-corrected chi connectivity index (χ4v) is 2.30. The zero-order valence-corrected chi connectivity index (χ0v) is 12.4. The topological polar surface area (TPSA) is 40.6 Å². The summed E-state index contributed by atoms with van der Waals surface area (Å²) in [7, 11) is 0. The van der Waals surface area contributed by atoms with Crippen LogP contribution in [0.4, 0.5) is 13.2 Å². The molecule has 2 rings (SSSR count). The van der Waals surface area contributed by atoms with Crippen molar-refractivity contribution in [2.45, 2.75) is 12.6 Å². The summed E-state index contributed by atoms with van der Waals surface area (Å²) in [6, 6.07) is 9.30. The Morgan fingerprint density at radius 1 is 1.00 bits per heavy atom. The van der Waals surface area contributed by atoms with Crippen molar-refractivity contribution in [3.63, 3.8) is 0 Å². The number of carbonyl (C=O) groups excluding carboxylic acids is 2. The first-order valence-electron chi connectivity index (χ1n) is 7.22. The molecule has 1 aliphatic rings. The van der Waals surface area contributed by atoms with Crippen LogP contribution in [0.1, 0.15) is 12.0 Å². The van der Waals surface area contributed by atoms with Crippen LogP contribution in [0.25, 0.3) is 6.08 Å². The highest BCUT2D eigenvalue weighted by atomic mass is 19.4. The largest absolute Gasteiger partial charge is 0.397 e. The molecule has 1 aliphatic heterocycles. The number of alkyl halides is 3. The van der Waals surface area contributed by atoms with Crippen LogP contribution in [0.5, 0.6) is 0 Å². The molecule has 0 aliphatic carbocycles. The van der Waals surface area contributed by atoms with E-state index in [1.165, 1.54) is 11.0 Å². The molecule has 1 aromatic carbocycles. The monoisotopic (exact) mass is 326 g/mol. The van der Waals surface area contributed by atoms with Gasteiger partial charge in [0.1, 0.15) is 6.42 Å². The number of rotatable bonds is 3. The second kappa shape index (κ2) is 7.30. The van der Waals surface area contributed by atoms with Gasteiger partial charge in [-0.2, -0.15) is 13.2 Å². The van der Waals surface area contributed by atoms with Gasteiger partial charge in [-0.15, -0.1) is 0 Å². The fraction of sp³-hybridized carbons (Fsp3) is 0.375. The molecule has 1 heterocycles. The van der Waals surface area contributed by atoms with Crippen molar-refractivity contribution < 1.29 is 22.8 Å². The summed E-state index contributed by atoms with van der Waals surface area (Å²) in [6.45, 7) is 0.725. The molecule has 2 amide bonds. The summed E-state index contributed by atoms with van der Waals surface area (Å²) < 4.78 is 36.6. The van der Waals surface area contributed by atoms with Gasteiger partial charge in [-0.25, -0.2) is 0 Å².